The third-order valence-electron chi connectivity index (χ3n) is 2.86. The number of aromatic nitrogens is 2. The van der Waals surface area contributed by atoms with Crippen LogP contribution in [0, 0.1) is 6.07 Å². The largest absolute Gasteiger partial charge is 0.417 e. The number of pyridine rings is 1. The summed E-state index contributed by atoms with van der Waals surface area (Å²) in [6.07, 6.45) is -1.75. The number of hydrogen-bond donors (Lipinski definition) is 0. The Kier molecular flexibility index (Phi) is 2.55. The maximum absolute atomic E-state index is 12.5. The normalized spacial score (nSPS) is 11.9. The fourth-order valence-corrected chi connectivity index (χ4v) is 1.92. The molecule has 95 valence electrons. The third-order valence-corrected chi connectivity index (χ3v) is 2.86. The fraction of sp³-hybridized carbons (Fsp3) is 0.0714. The van der Waals surface area contributed by atoms with E-state index < -0.39 is 11.7 Å². The quantitative estimate of drug-likeness (QED) is 0.650. The first-order valence-electron chi connectivity index (χ1n) is 5.56. The van der Waals surface area contributed by atoms with E-state index in [0.29, 0.717) is 5.82 Å². The first-order chi connectivity index (χ1) is 9.05. The highest BCUT2D eigenvalue weighted by Crippen LogP contribution is 2.29. The lowest BCUT2D eigenvalue weighted by Crippen LogP contribution is -2.06. The van der Waals surface area contributed by atoms with E-state index >= 15 is 0 Å². The molecule has 0 fully saturated rings. The second-order valence-corrected chi connectivity index (χ2v) is 4.07. The number of rotatable bonds is 1. The van der Waals surface area contributed by atoms with E-state index in [9.17, 15) is 13.2 Å². The van der Waals surface area contributed by atoms with Gasteiger partial charge in [0.1, 0.15) is 5.82 Å². The Morgan fingerprint density at radius 3 is 2.63 bits per heavy atom. The Morgan fingerprint density at radius 2 is 1.95 bits per heavy atom. The summed E-state index contributed by atoms with van der Waals surface area (Å²) < 4.78 is 39.1. The van der Waals surface area contributed by atoms with Gasteiger partial charge < -0.3 is 4.57 Å². The summed E-state index contributed by atoms with van der Waals surface area (Å²) in [5.74, 6) is 0.453. The van der Waals surface area contributed by atoms with Crippen LogP contribution in [0.3, 0.4) is 0 Å². The second-order valence-electron chi connectivity index (χ2n) is 4.07. The van der Waals surface area contributed by atoms with E-state index in [1.54, 1.807) is 16.8 Å². The number of nitrogens with zero attached hydrogens (tertiary/aromatic N) is 2. The maximum atomic E-state index is 12.5. The topological polar surface area (TPSA) is 17.8 Å². The van der Waals surface area contributed by atoms with Crippen LogP contribution in [-0.2, 0) is 6.18 Å². The van der Waals surface area contributed by atoms with Crippen LogP contribution in [0.1, 0.15) is 5.56 Å². The van der Waals surface area contributed by atoms with Crippen molar-refractivity contribution in [2.24, 2.45) is 0 Å². The molecule has 0 atom stereocenters. The number of halogens is 3. The molecule has 0 aliphatic rings. The van der Waals surface area contributed by atoms with Crippen molar-refractivity contribution in [2.75, 3.05) is 0 Å². The average Bonchev–Trinajstić information content (AvgIpc) is 2.82. The van der Waals surface area contributed by atoms with Gasteiger partial charge in [0.15, 0.2) is 0 Å². The molecule has 2 aromatic heterocycles. The summed E-state index contributed by atoms with van der Waals surface area (Å²) in [6.45, 7) is 0. The molecule has 0 spiro atoms. The Hall–Kier alpha value is -2.30. The molecule has 0 aliphatic carbocycles. The van der Waals surface area contributed by atoms with Gasteiger partial charge in [-0.3, -0.25) is 0 Å². The van der Waals surface area contributed by atoms with E-state index in [4.69, 9.17) is 0 Å². The van der Waals surface area contributed by atoms with Crippen LogP contribution in [0.2, 0.25) is 0 Å². The lowest BCUT2D eigenvalue weighted by atomic mass is 10.2. The van der Waals surface area contributed by atoms with Gasteiger partial charge in [0, 0.05) is 17.8 Å². The van der Waals surface area contributed by atoms with Crippen LogP contribution < -0.4 is 0 Å². The van der Waals surface area contributed by atoms with E-state index in [1.165, 1.54) is 6.07 Å². The summed E-state index contributed by atoms with van der Waals surface area (Å²) in [5, 5.41) is 0.962. The van der Waals surface area contributed by atoms with Gasteiger partial charge in [-0.25, -0.2) is 4.98 Å². The lowest BCUT2D eigenvalue weighted by Gasteiger charge is -2.08. The second kappa shape index (κ2) is 4.12. The predicted octanol–water partition coefficient (Wildman–Crippen LogP) is 3.84. The molecule has 1 aromatic carbocycles. The molecule has 0 saturated heterocycles. The zero-order chi connectivity index (χ0) is 13.5. The zero-order valence-electron chi connectivity index (χ0n) is 9.65. The molecular weight excluding hydrogens is 253 g/mol. The van der Waals surface area contributed by atoms with Crippen LogP contribution in [0.4, 0.5) is 13.2 Å². The monoisotopic (exact) mass is 261 g/mol. The van der Waals surface area contributed by atoms with Gasteiger partial charge in [-0.1, -0.05) is 6.07 Å². The molecule has 3 rings (SSSR count). The van der Waals surface area contributed by atoms with Gasteiger partial charge in [0.2, 0.25) is 0 Å². The third kappa shape index (κ3) is 2.07. The van der Waals surface area contributed by atoms with Gasteiger partial charge in [0.05, 0.1) is 11.1 Å². The van der Waals surface area contributed by atoms with Crippen molar-refractivity contribution >= 4 is 10.9 Å². The highest BCUT2D eigenvalue weighted by atomic mass is 19.4. The summed E-state index contributed by atoms with van der Waals surface area (Å²) >= 11 is 0. The molecule has 0 aliphatic heterocycles. The molecule has 2 nitrogen and oxygen atoms in total. The van der Waals surface area contributed by atoms with Gasteiger partial charge >= 0.3 is 6.18 Å². The molecule has 0 bridgehead atoms. The number of hydrogen-bond acceptors (Lipinski definition) is 1. The van der Waals surface area contributed by atoms with Crippen LogP contribution >= 0.6 is 0 Å². The molecule has 0 amide bonds. The van der Waals surface area contributed by atoms with E-state index in [2.05, 4.69) is 11.1 Å². The summed E-state index contributed by atoms with van der Waals surface area (Å²) in [6, 6.07) is 12.6. The smallest absolute Gasteiger partial charge is 0.301 e. The summed E-state index contributed by atoms with van der Waals surface area (Å²) in [5.41, 5.74) is 0.132. The van der Waals surface area contributed by atoms with Gasteiger partial charge in [-0.2, -0.15) is 13.2 Å². The van der Waals surface area contributed by atoms with Crippen molar-refractivity contribution in [2.45, 2.75) is 6.18 Å². The maximum Gasteiger partial charge on any atom is 0.417 e. The highest BCUT2D eigenvalue weighted by molar-refractivity contribution is 5.81. The molecular formula is C14H8F3N2. The van der Waals surface area contributed by atoms with E-state index in [-0.39, 0.29) is 0 Å². The minimum Gasteiger partial charge on any atom is -0.301 e. The predicted molar refractivity (Wildman–Crippen MR) is 64.9 cm³/mol. The van der Waals surface area contributed by atoms with Crippen LogP contribution in [-0.4, -0.2) is 9.55 Å². The van der Waals surface area contributed by atoms with Gasteiger partial charge in [-0.15, -0.1) is 0 Å². The molecule has 0 N–H and O–H groups in total. The molecule has 3 aromatic rings. The molecule has 19 heavy (non-hydrogen) atoms. The van der Waals surface area contributed by atoms with Crippen molar-refractivity contribution < 1.29 is 13.2 Å². The summed E-state index contributed by atoms with van der Waals surface area (Å²) in [4.78, 5) is 3.87. The first-order valence-corrected chi connectivity index (χ1v) is 5.56. The molecule has 0 unspecified atom stereocenters. The Labute approximate surface area is 107 Å². The Bertz CT molecular complexity index is 711. The fourth-order valence-electron chi connectivity index (χ4n) is 1.92. The standard InChI is InChI=1S/C14H8F3N2/c15-14(16,17)11-5-6-13(18-9-11)19-8-7-10-3-1-2-4-12(10)19/h2-9H. The van der Waals surface area contributed by atoms with Gasteiger partial charge in [0.25, 0.3) is 0 Å². The van der Waals surface area contributed by atoms with Crippen molar-refractivity contribution in [3.63, 3.8) is 0 Å². The minimum atomic E-state index is -4.36. The van der Waals surface area contributed by atoms with Crippen LogP contribution in [0.5, 0.6) is 0 Å². The SMILES string of the molecule is FC(F)(F)c1ccc(-n2ccc3c[c]ccc32)nc1. The first kappa shape index (κ1) is 11.8. The highest BCUT2D eigenvalue weighted by Gasteiger charge is 2.30. The van der Waals surface area contributed by atoms with E-state index in [0.717, 1.165) is 23.2 Å². The van der Waals surface area contributed by atoms with Crippen molar-refractivity contribution in [3.8, 4) is 5.82 Å². The van der Waals surface area contributed by atoms with Crippen LogP contribution in [0.15, 0.2) is 48.8 Å². The van der Waals surface area contributed by atoms with Crippen molar-refractivity contribution in [1.29, 1.82) is 0 Å². The van der Waals surface area contributed by atoms with Crippen molar-refractivity contribution in [3.05, 3.63) is 60.4 Å². The molecule has 2 heterocycles. The Morgan fingerprint density at radius 1 is 1.11 bits per heavy atom. The van der Waals surface area contributed by atoms with Gasteiger partial charge in [-0.05, 0) is 36.4 Å². The zero-order valence-corrected chi connectivity index (χ0v) is 9.65. The number of benzene rings is 1. The molecule has 5 heteroatoms. The van der Waals surface area contributed by atoms with E-state index in [1.807, 2.05) is 18.2 Å². The Balaban J connectivity index is 2.07. The lowest BCUT2D eigenvalue weighted by molar-refractivity contribution is -0.137. The molecule has 0 saturated carbocycles. The molecule has 1 radical (unpaired) electrons. The summed E-state index contributed by atoms with van der Waals surface area (Å²) in [7, 11) is 0. The average molecular weight is 261 g/mol. The number of fused-ring (bicyclic) bond motifs is 1. The number of alkyl halides is 3. The van der Waals surface area contributed by atoms with Crippen molar-refractivity contribution in [1.82, 2.24) is 9.55 Å². The van der Waals surface area contributed by atoms with Crippen LogP contribution in [0.25, 0.3) is 16.7 Å². The minimum absolute atomic E-state index is 0.453.